The molecule has 1 aliphatic carbocycles. The highest BCUT2D eigenvalue weighted by Crippen LogP contribution is 2.31. The Kier molecular flexibility index (Phi) is 3.09. The van der Waals surface area contributed by atoms with Crippen molar-refractivity contribution in [1.82, 2.24) is 4.98 Å². The molecule has 1 fully saturated rings. The van der Waals surface area contributed by atoms with Crippen molar-refractivity contribution >= 4 is 5.69 Å². The van der Waals surface area contributed by atoms with Gasteiger partial charge in [-0.2, -0.15) is 0 Å². The molecule has 1 aliphatic rings. The highest BCUT2D eigenvalue weighted by molar-refractivity contribution is 5.53. The molecule has 1 heterocycles. The molecule has 0 amide bonds. The fraction of sp³-hybridized carbons (Fsp3) is 0.583. The van der Waals surface area contributed by atoms with Gasteiger partial charge in [0.2, 0.25) is 5.88 Å². The maximum Gasteiger partial charge on any atom is 0.237 e. The Labute approximate surface area is 90.9 Å². The molecule has 0 aromatic carbocycles. The second-order valence-corrected chi connectivity index (χ2v) is 4.21. The van der Waals surface area contributed by atoms with Crippen LogP contribution < -0.4 is 10.1 Å². The molecule has 0 atom stereocenters. The van der Waals surface area contributed by atoms with Crippen LogP contribution in [-0.2, 0) is 0 Å². The third-order valence-corrected chi connectivity index (χ3v) is 2.79. The van der Waals surface area contributed by atoms with Gasteiger partial charge in [0.1, 0.15) is 0 Å². The maximum absolute atomic E-state index is 5.46. The van der Waals surface area contributed by atoms with Crippen molar-refractivity contribution in [3.8, 4) is 5.88 Å². The van der Waals surface area contributed by atoms with E-state index in [1.807, 2.05) is 19.1 Å². The smallest absolute Gasteiger partial charge is 0.237 e. The fourth-order valence-electron chi connectivity index (χ4n) is 1.99. The molecule has 1 aromatic rings. The first kappa shape index (κ1) is 10.3. The molecule has 0 bridgehead atoms. The van der Waals surface area contributed by atoms with Gasteiger partial charge in [-0.15, -0.1) is 0 Å². The minimum Gasteiger partial charge on any atom is -0.476 e. The Hall–Kier alpha value is -1.25. The van der Waals surface area contributed by atoms with E-state index in [0.717, 1.165) is 17.5 Å². The third kappa shape index (κ3) is 2.41. The summed E-state index contributed by atoms with van der Waals surface area (Å²) in [5, 5.41) is 3.47. The first-order valence-electron chi connectivity index (χ1n) is 5.64. The van der Waals surface area contributed by atoms with Crippen molar-refractivity contribution in [3.63, 3.8) is 0 Å². The second kappa shape index (κ2) is 4.51. The van der Waals surface area contributed by atoms with E-state index in [1.54, 1.807) is 6.20 Å². The number of nitrogens with one attached hydrogen (secondary N) is 1. The zero-order chi connectivity index (χ0) is 10.7. The fourth-order valence-corrected chi connectivity index (χ4v) is 1.99. The van der Waals surface area contributed by atoms with Crippen molar-refractivity contribution in [1.29, 1.82) is 0 Å². The number of hydrogen-bond donors (Lipinski definition) is 1. The summed E-state index contributed by atoms with van der Waals surface area (Å²) in [6, 6.07) is 4.57. The Morgan fingerprint density at radius 1 is 1.53 bits per heavy atom. The minimum absolute atomic E-state index is 0.600. The molecule has 0 unspecified atom stereocenters. The van der Waals surface area contributed by atoms with Crippen LogP contribution in [0.1, 0.15) is 26.7 Å². The van der Waals surface area contributed by atoms with Gasteiger partial charge < -0.3 is 10.1 Å². The largest absolute Gasteiger partial charge is 0.476 e. The second-order valence-electron chi connectivity index (χ2n) is 4.21. The molecular formula is C12H18N2O. The quantitative estimate of drug-likeness (QED) is 0.822. The van der Waals surface area contributed by atoms with Gasteiger partial charge in [0.25, 0.3) is 0 Å². The summed E-state index contributed by atoms with van der Waals surface area (Å²) in [5.74, 6) is 1.58. The van der Waals surface area contributed by atoms with Crippen LogP contribution in [0.15, 0.2) is 18.3 Å². The van der Waals surface area contributed by atoms with Gasteiger partial charge in [0.15, 0.2) is 0 Å². The number of hydrogen-bond acceptors (Lipinski definition) is 3. The van der Waals surface area contributed by atoms with E-state index in [0.29, 0.717) is 12.6 Å². The lowest BCUT2D eigenvalue weighted by atomic mass is 9.82. The van der Waals surface area contributed by atoms with Crippen LogP contribution in [-0.4, -0.2) is 17.6 Å². The molecule has 2 rings (SSSR count). The minimum atomic E-state index is 0.600. The SMILES string of the molecule is CCOc1ncccc1NC1CC(C)C1. The van der Waals surface area contributed by atoms with Gasteiger partial charge in [-0.3, -0.25) is 0 Å². The van der Waals surface area contributed by atoms with Crippen molar-refractivity contribution in [3.05, 3.63) is 18.3 Å². The highest BCUT2D eigenvalue weighted by Gasteiger charge is 2.25. The van der Waals surface area contributed by atoms with Crippen LogP contribution in [0.3, 0.4) is 0 Å². The van der Waals surface area contributed by atoms with Crippen molar-refractivity contribution < 1.29 is 4.74 Å². The summed E-state index contributed by atoms with van der Waals surface area (Å²) in [4.78, 5) is 4.21. The van der Waals surface area contributed by atoms with Gasteiger partial charge in [-0.05, 0) is 37.8 Å². The summed E-state index contributed by atoms with van der Waals surface area (Å²) in [6.45, 7) is 4.92. The molecule has 3 heteroatoms. The zero-order valence-corrected chi connectivity index (χ0v) is 9.36. The van der Waals surface area contributed by atoms with Gasteiger partial charge in [0, 0.05) is 12.2 Å². The van der Waals surface area contributed by atoms with E-state index in [-0.39, 0.29) is 0 Å². The molecule has 1 saturated carbocycles. The molecule has 15 heavy (non-hydrogen) atoms. The standard InChI is InChI=1S/C12H18N2O/c1-3-15-12-11(5-4-6-13-12)14-10-7-9(2)8-10/h4-6,9-10,14H,3,7-8H2,1-2H3. The van der Waals surface area contributed by atoms with Crippen LogP contribution in [0.4, 0.5) is 5.69 Å². The summed E-state index contributed by atoms with van der Waals surface area (Å²) in [7, 11) is 0. The molecule has 1 N–H and O–H groups in total. The Balaban J connectivity index is 2.00. The van der Waals surface area contributed by atoms with E-state index in [1.165, 1.54) is 12.8 Å². The Bertz CT molecular complexity index is 321. The average Bonchev–Trinajstić information content (AvgIpc) is 2.19. The average molecular weight is 206 g/mol. The Morgan fingerprint density at radius 3 is 3.00 bits per heavy atom. The lowest BCUT2D eigenvalue weighted by Crippen LogP contribution is -2.33. The number of nitrogens with zero attached hydrogens (tertiary/aromatic N) is 1. The van der Waals surface area contributed by atoms with Crippen LogP contribution in [0.25, 0.3) is 0 Å². The van der Waals surface area contributed by atoms with Crippen LogP contribution >= 0.6 is 0 Å². The number of anilines is 1. The van der Waals surface area contributed by atoms with Crippen LogP contribution in [0, 0.1) is 5.92 Å². The molecule has 0 aliphatic heterocycles. The van der Waals surface area contributed by atoms with Crippen LogP contribution in [0.2, 0.25) is 0 Å². The first-order chi connectivity index (χ1) is 7.29. The zero-order valence-electron chi connectivity index (χ0n) is 9.36. The molecule has 0 radical (unpaired) electrons. The predicted octanol–water partition coefficient (Wildman–Crippen LogP) is 2.69. The topological polar surface area (TPSA) is 34.1 Å². The van der Waals surface area contributed by atoms with E-state index >= 15 is 0 Å². The third-order valence-electron chi connectivity index (χ3n) is 2.79. The Morgan fingerprint density at radius 2 is 2.33 bits per heavy atom. The van der Waals surface area contributed by atoms with E-state index in [4.69, 9.17) is 4.74 Å². The lowest BCUT2D eigenvalue weighted by Gasteiger charge is -2.34. The first-order valence-corrected chi connectivity index (χ1v) is 5.64. The number of pyridine rings is 1. The normalized spacial score (nSPS) is 24.4. The summed E-state index contributed by atoms with van der Waals surface area (Å²) in [6.07, 6.45) is 4.26. The van der Waals surface area contributed by atoms with Crippen molar-refractivity contribution in [2.24, 2.45) is 5.92 Å². The van der Waals surface area contributed by atoms with Gasteiger partial charge in [0.05, 0.1) is 12.3 Å². The molecule has 1 aromatic heterocycles. The van der Waals surface area contributed by atoms with Gasteiger partial charge in [-0.25, -0.2) is 4.98 Å². The van der Waals surface area contributed by atoms with E-state index in [9.17, 15) is 0 Å². The van der Waals surface area contributed by atoms with Crippen molar-refractivity contribution in [2.45, 2.75) is 32.7 Å². The highest BCUT2D eigenvalue weighted by atomic mass is 16.5. The van der Waals surface area contributed by atoms with E-state index < -0.39 is 0 Å². The van der Waals surface area contributed by atoms with E-state index in [2.05, 4.69) is 17.2 Å². The molecule has 82 valence electrons. The summed E-state index contributed by atoms with van der Waals surface area (Å²) in [5.41, 5.74) is 1.02. The molecular weight excluding hydrogens is 188 g/mol. The van der Waals surface area contributed by atoms with Gasteiger partial charge >= 0.3 is 0 Å². The molecule has 0 spiro atoms. The monoisotopic (exact) mass is 206 g/mol. The number of rotatable bonds is 4. The predicted molar refractivity (Wildman–Crippen MR) is 61.2 cm³/mol. The maximum atomic E-state index is 5.46. The summed E-state index contributed by atoms with van der Waals surface area (Å²) < 4.78 is 5.46. The number of ether oxygens (including phenoxy) is 1. The van der Waals surface area contributed by atoms with Gasteiger partial charge in [-0.1, -0.05) is 6.92 Å². The summed E-state index contributed by atoms with van der Waals surface area (Å²) >= 11 is 0. The van der Waals surface area contributed by atoms with Crippen LogP contribution in [0.5, 0.6) is 5.88 Å². The molecule has 0 saturated heterocycles. The lowest BCUT2D eigenvalue weighted by molar-refractivity contribution is 0.303. The molecule has 3 nitrogen and oxygen atoms in total. The number of aromatic nitrogens is 1. The van der Waals surface area contributed by atoms with Crippen molar-refractivity contribution in [2.75, 3.05) is 11.9 Å².